The molecule has 5 heteroatoms. The molecular weight excluding hydrogens is 314 g/mol. The van der Waals surface area contributed by atoms with Crippen LogP contribution in [-0.2, 0) is 0 Å². The molecule has 0 aliphatic heterocycles. The average molecular weight is 329 g/mol. The number of benzene rings is 1. The predicted octanol–water partition coefficient (Wildman–Crippen LogP) is 4.24. The number of hydrogen-bond acceptors (Lipinski definition) is 3. The molecule has 0 saturated heterocycles. The maximum atomic E-state index is 5.93. The van der Waals surface area contributed by atoms with Gasteiger partial charge in [0.05, 0.1) is 5.52 Å². The van der Waals surface area contributed by atoms with E-state index in [0.717, 1.165) is 21.1 Å². The Hall–Kier alpha value is -0.870. The Morgan fingerprint density at radius 1 is 1.33 bits per heavy atom. The summed E-state index contributed by atoms with van der Waals surface area (Å²) in [6.45, 7) is 4.29. The molecule has 18 heavy (non-hydrogen) atoms. The standard InChI is InChI=1S/C13H15BrClN3/c1-7(2)11-9(14)5-10(18(3)4)8-6-16-13(15)17-12(8)11/h5-7H,1-4H3. The predicted molar refractivity (Wildman–Crippen MR) is 80.7 cm³/mol. The molecular formula is C13H15BrClN3. The van der Waals surface area contributed by atoms with Crippen LogP contribution < -0.4 is 4.90 Å². The first-order valence-electron chi connectivity index (χ1n) is 5.73. The van der Waals surface area contributed by atoms with Gasteiger partial charge < -0.3 is 4.90 Å². The highest BCUT2D eigenvalue weighted by molar-refractivity contribution is 9.10. The second kappa shape index (κ2) is 5.02. The summed E-state index contributed by atoms with van der Waals surface area (Å²) in [5.41, 5.74) is 3.17. The molecule has 0 radical (unpaired) electrons. The van der Waals surface area contributed by atoms with Gasteiger partial charge in [-0.1, -0.05) is 29.8 Å². The second-order valence-corrected chi connectivity index (χ2v) is 5.93. The highest BCUT2D eigenvalue weighted by Gasteiger charge is 2.16. The van der Waals surface area contributed by atoms with Crippen molar-refractivity contribution in [1.82, 2.24) is 9.97 Å². The molecule has 0 amide bonds. The topological polar surface area (TPSA) is 29.0 Å². The normalized spacial score (nSPS) is 11.3. The minimum atomic E-state index is 0.284. The molecule has 0 aliphatic rings. The zero-order valence-electron chi connectivity index (χ0n) is 10.8. The van der Waals surface area contributed by atoms with E-state index < -0.39 is 0 Å². The highest BCUT2D eigenvalue weighted by Crippen LogP contribution is 2.37. The summed E-state index contributed by atoms with van der Waals surface area (Å²) < 4.78 is 1.06. The summed E-state index contributed by atoms with van der Waals surface area (Å²) in [7, 11) is 4.01. The van der Waals surface area contributed by atoms with Crippen LogP contribution in [0.3, 0.4) is 0 Å². The van der Waals surface area contributed by atoms with Crippen LogP contribution >= 0.6 is 27.5 Å². The molecule has 0 atom stereocenters. The number of aromatic nitrogens is 2. The number of fused-ring (bicyclic) bond motifs is 1. The van der Waals surface area contributed by atoms with Gasteiger partial charge in [-0.2, -0.15) is 0 Å². The first-order chi connectivity index (χ1) is 8.41. The Bertz CT molecular complexity index is 596. The van der Waals surface area contributed by atoms with Gasteiger partial charge in [-0.25, -0.2) is 9.97 Å². The molecule has 1 aromatic heterocycles. The van der Waals surface area contributed by atoms with Gasteiger partial charge in [0.15, 0.2) is 0 Å². The fourth-order valence-corrected chi connectivity index (χ4v) is 3.06. The minimum absolute atomic E-state index is 0.284. The second-order valence-electron chi connectivity index (χ2n) is 4.74. The highest BCUT2D eigenvalue weighted by atomic mass is 79.9. The van der Waals surface area contributed by atoms with E-state index >= 15 is 0 Å². The van der Waals surface area contributed by atoms with Gasteiger partial charge in [-0.15, -0.1) is 0 Å². The number of hydrogen-bond donors (Lipinski definition) is 0. The summed E-state index contributed by atoms with van der Waals surface area (Å²) in [5, 5.41) is 1.31. The number of rotatable bonds is 2. The third-order valence-electron chi connectivity index (χ3n) is 2.87. The Morgan fingerprint density at radius 3 is 2.56 bits per heavy atom. The van der Waals surface area contributed by atoms with Crippen molar-refractivity contribution in [3.05, 3.63) is 27.6 Å². The summed E-state index contributed by atoms with van der Waals surface area (Å²) in [6.07, 6.45) is 1.79. The van der Waals surface area contributed by atoms with E-state index in [1.165, 1.54) is 5.56 Å². The van der Waals surface area contributed by atoms with Crippen LogP contribution in [0.5, 0.6) is 0 Å². The monoisotopic (exact) mass is 327 g/mol. The molecule has 0 spiro atoms. The van der Waals surface area contributed by atoms with Crippen LogP contribution in [0.4, 0.5) is 5.69 Å². The van der Waals surface area contributed by atoms with Crippen LogP contribution in [0.2, 0.25) is 5.28 Å². The summed E-state index contributed by atoms with van der Waals surface area (Å²) in [4.78, 5) is 10.5. The van der Waals surface area contributed by atoms with Crippen molar-refractivity contribution < 1.29 is 0 Å². The molecule has 0 fully saturated rings. The van der Waals surface area contributed by atoms with Gasteiger partial charge in [0, 0.05) is 35.8 Å². The smallest absolute Gasteiger partial charge is 0.222 e. The molecule has 0 bridgehead atoms. The minimum Gasteiger partial charge on any atom is -0.377 e. The van der Waals surface area contributed by atoms with Crippen molar-refractivity contribution in [2.24, 2.45) is 0 Å². The van der Waals surface area contributed by atoms with E-state index in [0.29, 0.717) is 5.92 Å². The molecule has 1 heterocycles. The van der Waals surface area contributed by atoms with Crippen molar-refractivity contribution in [1.29, 1.82) is 0 Å². The number of nitrogens with zero attached hydrogens (tertiary/aromatic N) is 3. The largest absolute Gasteiger partial charge is 0.377 e. The molecule has 0 saturated carbocycles. The zero-order chi connectivity index (χ0) is 13.4. The fourth-order valence-electron chi connectivity index (χ4n) is 2.06. The van der Waals surface area contributed by atoms with E-state index in [4.69, 9.17) is 11.6 Å². The van der Waals surface area contributed by atoms with Gasteiger partial charge >= 0.3 is 0 Å². The molecule has 0 N–H and O–H groups in total. The molecule has 1 aromatic carbocycles. The van der Waals surface area contributed by atoms with Gasteiger partial charge in [-0.05, 0) is 29.1 Å². The van der Waals surface area contributed by atoms with Crippen molar-refractivity contribution >= 4 is 44.1 Å². The van der Waals surface area contributed by atoms with Crippen LogP contribution in [0.1, 0.15) is 25.3 Å². The van der Waals surface area contributed by atoms with Crippen LogP contribution in [0.25, 0.3) is 10.9 Å². The molecule has 0 unspecified atom stereocenters. The molecule has 2 rings (SSSR count). The Kier molecular flexibility index (Phi) is 3.78. The van der Waals surface area contributed by atoms with Gasteiger partial charge in [0.25, 0.3) is 0 Å². The van der Waals surface area contributed by atoms with Crippen molar-refractivity contribution in [2.75, 3.05) is 19.0 Å². The summed E-state index contributed by atoms with van der Waals surface area (Å²) >= 11 is 9.56. The lowest BCUT2D eigenvalue weighted by molar-refractivity contribution is 0.866. The third kappa shape index (κ3) is 2.31. The average Bonchev–Trinajstić information content (AvgIpc) is 2.26. The molecule has 2 aromatic rings. The van der Waals surface area contributed by atoms with Crippen LogP contribution in [-0.4, -0.2) is 24.1 Å². The molecule has 96 valence electrons. The van der Waals surface area contributed by atoms with Gasteiger partial charge in [0.2, 0.25) is 5.28 Å². The van der Waals surface area contributed by atoms with E-state index in [2.05, 4.69) is 50.7 Å². The number of halogens is 2. The third-order valence-corrected chi connectivity index (χ3v) is 3.71. The summed E-state index contributed by atoms with van der Waals surface area (Å²) in [5.74, 6) is 0.365. The molecule has 3 nitrogen and oxygen atoms in total. The fraction of sp³-hybridized carbons (Fsp3) is 0.385. The van der Waals surface area contributed by atoms with Gasteiger partial charge in [0.1, 0.15) is 0 Å². The lowest BCUT2D eigenvalue weighted by atomic mass is 9.99. The lowest BCUT2D eigenvalue weighted by Gasteiger charge is -2.19. The first kappa shape index (κ1) is 13.6. The Balaban J connectivity index is 2.90. The maximum Gasteiger partial charge on any atom is 0.222 e. The van der Waals surface area contributed by atoms with Crippen molar-refractivity contribution in [2.45, 2.75) is 19.8 Å². The van der Waals surface area contributed by atoms with Crippen LogP contribution in [0, 0.1) is 0 Å². The number of anilines is 1. The first-order valence-corrected chi connectivity index (χ1v) is 6.91. The SMILES string of the molecule is CC(C)c1c(Br)cc(N(C)C)c2cnc(Cl)nc12. The van der Waals surface area contributed by atoms with Gasteiger partial charge in [-0.3, -0.25) is 0 Å². The van der Waals surface area contributed by atoms with Crippen molar-refractivity contribution in [3.63, 3.8) is 0 Å². The van der Waals surface area contributed by atoms with E-state index in [1.54, 1.807) is 6.20 Å². The van der Waals surface area contributed by atoms with Crippen LogP contribution in [0.15, 0.2) is 16.7 Å². The maximum absolute atomic E-state index is 5.93. The van der Waals surface area contributed by atoms with E-state index in [9.17, 15) is 0 Å². The lowest BCUT2D eigenvalue weighted by Crippen LogP contribution is -2.10. The Labute approximate surface area is 120 Å². The van der Waals surface area contributed by atoms with Crippen molar-refractivity contribution in [3.8, 4) is 0 Å². The van der Waals surface area contributed by atoms with E-state index in [1.807, 2.05) is 14.1 Å². The summed E-state index contributed by atoms with van der Waals surface area (Å²) in [6, 6.07) is 2.11. The van der Waals surface area contributed by atoms with E-state index in [-0.39, 0.29) is 5.28 Å². The zero-order valence-corrected chi connectivity index (χ0v) is 13.2. The molecule has 0 aliphatic carbocycles. The quantitative estimate of drug-likeness (QED) is 0.772. The Morgan fingerprint density at radius 2 is 2.00 bits per heavy atom.